The molecule has 0 spiro atoms. The number of aromatic nitrogens is 1. The van der Waals surface area contributed by atoms with Gasteiger partial charge in [-0.25, -0.2) is 4.98 Å². The fourth-order valence-electron chi connectivity index (χ4n) is 3.12. The molecule has 0 saturated heterocycles. The second-order valence-corrected chi connectivity index (χ2v) is 7.51. The Labute approximate surface area is 146 Å². The standard InChI is InChI=1S/C18H24N2O3S/c1-11(2)16-7-19-17(24-16)10-20-8-12-14(22-3)5-6-15(23-4)18(12)13(21)9-20/h5-7,11,13,21H,8-10H2,1-4H3. The highest BCUT2D eigenvalue weighted by Gasteiger charge is 2.30. The number of β-amino-alcohol motifs (C(OH)–C–C–N with tert-alkyl or cyclic N) is 1. The highest BCUT2D eigenvalue weighted by molar-refractivity contribution is 7.11. The third-order valence-corrected chi connectivity index (χ3v) is 5.64. The number of rotatable bonds is 5. The minimum Gasteiger partial charge on any atom is -0.496 e. The molecule has 130 valence electrons. The van der Waals surface area contributed by atoms with Crippen molar-refractivity contribution in [3.63, 3.8) is 0 Å². The molecule has 1 aliphatic rings. The largest absolute Gasteiger partial charge is 0.496 e. The van der Waals surface area contributed by atoms with Crippen LogP contribution in [-0.4, -0.2) is 35.8 Å². The van der Waals surface area contributed by atoms with Crippen LogP contribution in [0, 0.1) is 0 Å². The second-order valence-electron chi connectivity index (χ2n) is 6.36. The van der Waals surface area contributed by atoms with Gasteiger partial charge in [0.1, 0.15) is 16.5 Å². The summed E-state index contributed by atoms with van der Waals surface area (Å²) in [6.45, 7) is 6.36. The molecule has 0 fully saturated rings. The van der Waals surface area contributed by atoms with Crippen LogP contribution in [0.1, 0.15) is 46.9 Å². The van der Waals surface area contributed by atoms with Crippen LogP contribution >= 0.6 is 11.3 Å². The van der Waals surface area contributed by atoms with E-state index in [0.29, 0.717) is 24.8 Å². The number of hydrogen-bond acceptors (Lipinski definition) is 6. The lowest BCUT2D eigenvalue weighted by Crippen LogP contribution is -2.33. The Morgan fingerprint density at radius 1 is 1.29 bits per heavy atom. The summed E-state index contributed by atoms with van der Waals surface area (Å²) in [5.74, 6) is 2.00. The van der Waals surface area contributed by atoms with Crippen molar-refractivity contribution < 1.29 is 14.6 Å². The normalized spacial score (nSPS) is 17.8. The van der Waals surface area contributed by atoms with E-state index in [1.54, 1.807) is 25.6 Å². The van der Waals surface area contributed by atoms with Gasteiger partial charge in [-0.2, -0.15) is 0 Å². The third kappa shape index (κ3) is 3.27. The van der Waals surface area contributed by atoms with Crippen molar-refractivity contribution in [3.05, 3.63) is 39.3 Å². The Hall–Kier alpha value is -1.63. The summed E-state index contributed by atoms with van der Waals surface area (Å²) in [4.78, 5) is 8.03. The van der Waals surface area contributed by atoms with Crippen LogP contribution in [0.15, 0.2) is 18.3 Å². The first-order valence-corrected chi connectivity index (χ1v) is 8.93. The van der Waals surface area contributed by atoms with Gasteiger partial charge >= 0.3 is 0 Å². The molecule has 0 bridgehead atoms. The lowest BCUT2D eigenvalue weighted by molar-refractivity contribution is 0.0843. The van der Waals surface area contributed by atoms with E-state index in [4.69, 9.17) is 9.47 Å². The summed E-state index contributed by atoms with van der Waals surface area (Å²) in [6, 6.07) is 3.75. The first-order valence-electron chi connectivity index (χ1n) is 8.12. The molecule has 1 aromatic heterocycles. The van der Waals surface area contributed by atoms with Gasteiger partial charge in [0, 0.05) is 35.3 Å². The lowest BCUT2D eigenvalue weighted by atomic mass is 9.95. The maximum absolute atomic E-state index is 10.6. The lowest BCUT2D eigenvalue weighted by Gasteiger charge is -2.33. The van der Waals surface area contributed by atoms with E-state index in [1.165, 1.54) is 4.88 Å². The molecule has 0 saturated carbocycles. The van der Waals surface area contributed by atoms with Crippen LogP contribution in [-0.2, 0) is 13.1 Å². The summed E-state index contributed by atoms with van der Waals surface area (Å²) < 4.78 is 10.9. The van der Waals surface area contributed by atoms with Gasteiger partial charge in [0.25, 0.3) is 0 Å². The summed E-state index contributed by atoms with van der Waals surface area (Å²) in [6.07, 6.45) is 1.37. The van der Waals surface area contributed by atoms with E-state index in [-0.39, 0.29) is 0 Å². The quantitative estimate of drug-likeness (QED) is 0.898. The topological polar surface area (TPSA) is 54.8 Å². The van der Waals surface area contributed by atoms with Gasteiger partial charge in [-0.3, -0.25) is 4.90 Å². The predicted molar refractivity (Wildman–Crippen MR) is 94.8 cm³/mol. The number of hydrogen-bond donors (Lipinski definition) is 1. The molecule has 1 aromatic carbocycles. The van der Waals surface area contributed by atoms with Gasteiger partial charge in [-0.05, 0) is 18.1 Å². The number of nitrogens with zero attached hydrogens (tertiary/aromatic N) is 2. The van der Waals surface area contributed by atoms with Crippen molar-refractivity contribution in [1.82, 2.24) is 9.88 Å². The zero-order valence-electron chi connectivity index (χ0n) is 14.6. The minimum absolute atomic E-state index is 0.494. The Morgan fingerprint density at radius 2 is 2.00 bits per heavy atom. The molecule has 5 nitrogen and oxygen atoms in total. The molecule has 2 heterocycles. The molecule has 0 amide bonds. The molecule has 1 unspecified atom stereocenters. The van der Waals surface area contributed by atoms with Crippen molar-refractivity contribution in [2.24, 2.45) is 0 Å². The highest BCUT2D eigenvalue weighted by atomic mass is 32.1. The van der Waals surface area contributed by atoms with E-state index < -0.39 is 6.10 Å². The molecule has 1 atom stereocenters. The van der Waals surface area contributed by atoms with Gasteiger partial charge < -0.3 is 14.6 Å². The molecule has 1 aliphatic heterocycles. The fourth-order valence-corrected chi connectivity index (χ4v) is 4.09. The number of benzene rings is 1. The maximum Gasteiger partial charge on any atom is 0.125 e. The smallest absolute Gasteiger partial charge is 0.125 e. The van der Waals surface area contributed by atoms with E-state index in [9.17, 15) is 5.11 Å². The summed E-state index contributed by atoms with van der Waals surface area (Å²) in [7, 11) is 3.29. The first-order chi connectivity index (χ1) is 11.5. The van der Waals surface area contributed by atoms with Crippen LogP contribution < -0.4 is 9.47 Å². The van der Waals surface area contributed by atoms with Crippen LogP contribution in [0.2, 0.25) is 0 Å². The van der Waals surface area contributed by atoms with E-state index in [2.05, 4.69) is 23.7 Å². The Morgan fingerprint density at radius 3 is 2.62 bits per heavy atom. The molecule has 24 heavy (non-hydrogen) atoms. The third-order valence-electron chi connectivity index (χ3n) is 4.36. The zero-order chi connectivity index (χ0) is 17.3. The Balaban J connectivity index is 1.85. The van der Waals surface area contributed by atoms with Crippen LogP contribution in [0.5, 0.6) is 11.5 Å². The average Bonchev–Trinajstić information content (AvgIpc) is 3.02. The molecular formula is C18H24N2O3S. The van der Waals surface area contributed by atoms with Crippen molar-refractivity contribution in [1.29, 1.82) is 0 Å². The average molecular weight is 348 g/mol. The molecule has 0 radical (unpaired) electrons. The number of ether oxygens (including phenoxy) is 2. The van der Waals surface area contributed by atoms with Gasteiger partial charge in [-0.1, -0.05) is 13.8 Å². The zero-order valence-corrected chi connectivity index (χ0v) is 15.4. The molecule has 3 rings (SSSR count). The number of fused-ring (bicyclic) bond motifs is 1. The summed E-state index contributed by atoms with van der Waals surface area (Å²) in [5.41, 5.74) is 1.84. The fraction of sp³-hybridized carbons (Fsp3) is 0.500. The van der Waals surface area contributed by atoms with Crippen molar-refractivity contribution in [3.8, 4) is 11.5 Å². The Bertz CT molecular complexity index is 714. The molecular weight excluding hydrogens is 324 g/mol. The number of aliphatic hydroxyl groups is 1. The SMILES string of the molecule is COc1ccc(OC)c2c1CN(Cc1ncc(C(C)C)s1)CC2O. The minimum atomic E-state index is -0.594. The molecule has 1 N–H and O–H groups in total. The molecule has 0 aliphatic carbocycles. The molecule has 2 aromatic rings. The van der Waals surface area contributed by atoms with Crippen LogP contribution in [0.25, 0.3) is 0 Å². The second kappa shape index (κ2) is 7.09. The van der Waals surface area contributed by atoms with Crippen molar-refractivity contribution >= 4 is 11.3 Å². The highest BCUT2D eigenvalue weighted by Crippen LogP contribution is 2.39. The van der Waals surface area contributed by atoms with Crippen molar-refractivity contribution in [2.45, 2.75) is 39.0 Å². The summed E-state index contributed by atoms with van der Waals surface area (Å²) >= 11 is 1.74. The van der Waals surface area contributed by atoms with E-state index in [1.807, 2.05) is 18.3 Å². The van der Waals surface area contributed by atoms with Gasteiger partial charge in [-0.15, -0.1) is 11.3 Å². The van der Waals surface area contributed by atoms with Crippen LogP contribution in [0.3, 0.4) is 0 Å². The van der Waals surface area contributed by atoms with Gasteiger partial charge in [0.05, 0.1) is 26.9 Å². The van der Waals surface area contributed by atoms with E-state index >= 15 is 0 Å². The first kappa shape index (κ1) is 17.2. The van der Waals surface area contributed by atoms with E-state index in [0.717, 1.165) is 28.4 Å². The number of methoxy groups -OCH3 is 2. The van der Waals surface area contributed by atoms with Gasteiger partial charge in [0.15, 0.2) is 0 Å². The number of aliphatic hydroxyl groups excluding tert-OH is 1. The van der Waals surface area contributed by atoms with Crippen LogP contribution in [0.4, 0.5) is 0 Å². The maximum atomic E-state index is 10.6. The number of thiazole rings is 1. The monoisotopic (exact) mass is 348 g/mol. The van der Waals surface area contributed by atoms with Crippen molar-refractivity contribution in [2.75, 3.05) is 20.8 Å². The summed E-state index contributed by atoms with van der Waals surface area (Å²) in [5, 5.41) is 11.7. The van der Waals surface area contributed by atoms with Gasteiger partial charge in [0.2, 0.25) is 0 Å². The molecule has 6 heteroatoms. The predicted octanol–water partition coefficient (Wildman–Crippen LogP) is 3.33. The Kier molecular flexibility index (Phi) is 5.08.